The molecule has 0 saturated carbocycles. The maximum atomic E-state index is 5.47. The molecule has 0 aliphatic carbocycles. The molecule has 0 aromatic carbocycles. The Morgan fingerprint density at radius 1 is 1.32 bits per heavy atom. The maximum Gasteiger partial charge on any atom is 0.143 e. The van der Waals surface area contributed by atoms with Crippen LogP contribution in [0.2, 0.25) is 0 Å². The van der Waals surface area contributed by atoms with Gasteiger partial charge in [0.25, 0.3) is 0 Å². The zero-order valence-electron chi connectivity index (χ0n) is 12.5. The van der Waals surface area contributed by atoms with E-state index in [1.54, 1.807) is 18.4 Å². The monoisotopic (exact) mass is 300 g/mol. The van der Waals surface area contributed by atoms with E-state index < -0.39 is 0 Å². The van der Waals surface area contributed by atoms with Crippen molar-refractivity contribution >= 4 is 28.5 Å². The molecule has 1 heterocycles. The standard InChI is InChI=1S/C14H24N2OS2/c1-6-16(7-2)9-8-15-14(18)13-12(17-5)10(3)11(4)19-13/h6-9H2,1-5H3,(H,15,18). The van der Waals surface area contributed by atoms with Crippen molar-refractivity contribution in [2.45, 2.75) is 27.7 Å². The molecule has 0 amide bonds. The van der Waals surface area contributed by atoms with E-state index in [4.69, 9.17) is 17.0 Å². The van der Waals surface area contributed by atoms with Crippen LogP contribution >= 0.6 is 23.6 Å². The topological polar surface area (TPSA) is 24.5 Å². The average Bonchev–Trinajstić information content (AvgIpc) is 2.70. The number of thiophene rings is 1. The minimum Gasteiger partial charge on any atom is -0.495 e. The molecule has 1 rings (SSSR count). The van der Waals surface area contributed by atoms with Gasteiger partial charge >= 0.3 is 0 Å². The molecule has 0 bridgehead atoms. The van der Waals surface area contributed by atoms with E-state index in [9.17, 15) is 0 Å². The van der Waals surface area contributed by atoms with Gasteiger partial charge in [-0.25, -0.2) is 0 Å². The summed E-state index contributed by atoms with van der Waals surface area (Å²) < 4.78 is 5.46. The number of likely N-dealkylation sites (N-methyl/N-ethyl adjacent to an activating group) is 1. The van der Waals surface area contributed by atoms with Gasteiger partial charge in [0.1, 0.15) is 15.6 Å². The number of ether oxygens (including phenoxy) is 1. The minimum atomic E-state index is 0.796. The minimum absolute atomic E-state index is 0.796. The van der Waals surface area contributed by atoms with Gasteiger partial charge in [-0.3, -0.25) is 0 Å². The zero-order chi connectivity index (χ0) is 14.4. The fourth-order valence-corrected chi connectivity index (χ4v) is 3.31. The molecular formula is C14H24N2OS2. The molecule has 0 saturated heterocycles. The summed E-state index contributed by atoms with van der Waals surface area (Å²) in [5, 5.41) is 3.33. The van der Waals surface area contributed by atoms with Gasteiger partial charge in [0, 0.05) is 23.5 Å². The summed E-state index contributed by atoms with van der Waals surface area (Å²) >= 11 is 7.17. The lowest BCUT2D eigenvalue weighted by Crippen LogP contribution is -2.34. The lowest BCUT2D eigenvalue weighted by atomic mass is 10.2. The number of aryl methyl sites for hydroxylation is 1. The maximum absolute atomic E-state index is 5.47. The normalized spacial score (nSPS) is 10.8. The van der Waals surface area contributed by atoms with E-state index in [2.05, 4.69) is 37.9 Å². The molecule has 0 fully saturated rings. The summed E-state index contributed by atoms with van der Waals surface area (Å²) in [5.74, 6) is 0.919. The van der Waals surface area contributed by atoms with E-state index in [0.717, 1.165) is 41.8 Å². The number of rotatable bonds is 7. The summed E-state index contributed by atoms with van der Waals surface area (Å²) in [6, 6.07) is 0. The third-order valence-corrected chi connectivity index (χ3v) is 5.03. The van der Waals surface area contributed by atoms with Gasteiger partial charge < -0.3 is 15.0 Å². The molecular weight excluding hydrogens is 276 g/mol. The van der Waals surface area contributed by atoms with Gasteiger partial charge in [-0.15, -0.1) is 11.3 Å². The Hall–Kier alpha value is -0.650. The van der Waals surface area contributed by atoms with Gasteiger partial charge in [-0.1, -0.05) is 26.1 Å². The molecule has 1 aromatic rings. The fourth-order valence-electron chi connectivity index (χ4n) is 1.95. The van der Waals surface area contributed by atoms with Crippen LogP contribution < -0.4 is 10.1 Å². The fraction of sp³-hybridized carbons (Fsp3) is 0.643. The highest BCUT2D eigenvalue weighted by molar-refractivity contribution is 7.81. The second-order valence-corrected chi connectivity index (χ2v) is 6.06. The van der Waals surface area contributed by atoms with E-state index in [0.29, 0.717) is 0 Å². The third-order valence-electron chi connectivity index (χ3n) is 3.35. The van der Waals surface area contributed by atoms with Crippen molar-refractivity contribution in [1.29, 1.82) is 0 Å². The highest BCUT2D eigenvalue weighted by Crippen LogP contribution is 2.34. The summed E-state index contributed by atoms with van der Waals surface area (Å²) in [6.07, 6.45) is 0. The Labute approximate surface area is 126 Å². The van der Waals surface area contributed by atoms with E-state index in [-0.39, 0.29) is 0 Å². The first-order valence-electron chi connectivity index (χ1n) is 6.69. The average molecular weight is 300 g/mol. The molecule has 1 N–H and O–H groups in total. The van der Waals surface area contributed by atoms with Crippen LogP contribution in [0.25, 0.3) is 0 Å². The quantitative estimate of drug-likeness (QED) is 0.783. The molecule has 0 aliphatic rings. The van der Waals surface area contributed by atoms with Crippen LogP contribution in [0.3, 0.4) is 0 Å². The van der Waals surface area contributed by atoms with Crippen LogP contribution in [-0.2, 0) is 0 Å². The second-order valence-electron chi connectivity index (χ2n) is 4.43. The van der Waals surface area contributed by atoms with Gasteiger partial charge in [-0.05, 0) is 26.9 Å². The first-order chi connectivity index (χ1) is 9.04. The molecule has 108 valence electrons. The van der Waals surface area contributed by atoms with Crippen molar-refractivity contribution in [3.63, 3.8) is 0 Å². The SMILES string of the molecule is CCN(CC)CCNC(=S)c1sc(C)c(C)c1OC. The molecule has 0 aliphatic heterocycles. The summed E-state index contributed by atoms with van der Waals surface area (Å²) in [5.41, 5.74) is 1.19. The van der Waals surface area contributed by atoms with Gasteiger partial charge in [-0.2, -0.15) is 0 Å². The van der Waals surface area contributed by atoms with Crippen LogP contribution in [-0.4, -0.2) is 43.2 Å². The smallest absolute Gasteiger partial charge is 0.143 e. The van der Waals surface area contributed by atoms with Crippen LogP contribution in [0, 0.1) is 13.8 Å². The molecule has 1 aromatic heterocycles. The molecule has 0 unspecified atom stereocenters. The first kappa shape index (κ1) is 16.4. The van der Waals surface area contributed by atoms with Gasteiger partial charge in [0.05, 0.1) is 7.11 Å². The summed E-state index contributed by atoms with van der Waals surface area (Å²) in [7, 11) is 1.70. The molecule has 0 atom stereocenters. The van der Waals surface area contributed by atoms with Gasteiger partial charge in [0.2, 0.25) is 0 Å². The number of thiocarbonyl (C=S) groups is 1. The van der Waals surface area contributed by atoms with E-state index in [1.165, 1.54) is 10.4 Å². The Morgan fingerprint density at radius 3 is 2.47 bits per heavy atom. The Kier molecular flexibility index (Phi) is 6.75. The largest absolute Gasteiger partial charge is 0.495 e. The van der Waals surface area contributed by atoms with E-state index in [1.807, 2.05) is 0 Å². The number of hydrogen-bond acceptors (Lipinski definition) is 4. The van der Waals surface area contributed by atoms with Crippen molar-refractivity contribution in [1.82, 2.24) is 10.2 Å². The third kappa shape index (κ3) is 4.16. The van der Waals surface area contributed by atoms with Crippen molar-refractivity contribution in [2.24, 2.45) is 0 Å². The zero-order valence-corrected chi connectivity index (χ0v) is 14.1. The predicted molar refractivity (Wildman–Crippen MR) is 87.8 cm³/mol. The van der Waals surface area contributed by atoms with Gasteiger partial charge in [0.15, 0.2) is 0 Å². The molecule has 3 nitrogen and oxygen atoms in total. The Morgan fingerprint density at radius 2 is 1.95 bits per heavy atom. The van der Waals surface area contributed by atoms with Crippen LogP contribution in [0.4, 0.5) is 0 Å². The lowest BCUT2D eigenvalue weighted by Gasteiger charge is -2.18. The Balaban J connectivity index is 2.61. The molecule has 0 spiro atoms. The van der Waals surface area contributed by atoms with Crippen molar-refractivity contribution < 1.29 is 4.74 Å². The van der Waals surface area contributed by atoms with Crippen molar-refractivity contribution in [3.05, 3.63) is 15.3 Å². The van der Waals surface area contributed by atoms with Crippen molar-refractivity contribution in [3.8, 4) is 5.75 Å². The summed E-state index contributed by atoms with van der Waals surface area (Å²) in [4.78, 5) is 5.48. The van der Waals surface area contributed by atoms with Crippen LogP contribution in [0.1, 0.15) is 29.2 Å². The number of nitrogens with one attached hydrogen (secondary N) is 1. The highest BCUT2D eigenvalue weighted by atomic mass is 32.1. The number of hydrogen-bond donors (Lipinski definition) is 1. The predicted octanol–water partition coefficient (Wildman–Crippen LogP) is 2.98. The van der Waals surface area contributed by atoms with Crippen LogP contribution in [0.5, 0.6) is 5.75 Å². The second kappa shape index (κ2) is 7.82. The highest BCUT2D eigenvalue weighted by Gasteiger charge is 2.16. The molecule has 19 heavy (non-hydrogen) atoms. The van der Waals surface area contributed by atoms with Crippen molar-refractivity contribution in [2.75, 3.05) is 33.3 Å². The van der Waals surface area contributed by atoms with E-state index >= 15 is 0 Å². The summed E-state index contributed by atoms with van der Waals surface area (Å²) in [6.45, 7) is 12.6. The molecule has 0 radical (unpaired) electrons. The number of methoxy groups -OCH3 is 1. The lowest BCUT2D eigenvalue weighted by molar-refractivity contribution is 0.308. The Bertz CT molecular complexity index is 425. The molecule has 5 heteroatoms. The van der Waals surface area contributed by atoms with Crippen LogP contribution in [0.15, 0.2) is 0 Å². The first-order valence-corrected chi connectivity index (χ1v) is 7.92. The number of nitrogens with zero attached hydrogens (tertiary/aromatic N) is 1.